The third-order valence-electron chi connectivity index (χ3n) is 3.64. The Hall–Kier alpha value is -2.31. The van der Waals surface area contributed by atoms with Gasteiger partial charge in [0.15, 0.2) is 11.5 Å². The van der Waals surface area contributed by atoms with E-state index in [1.54, 1.807) is 24.1 Å². The highest BCUT2D eigenvalue weighted by molar-refractivity contribution is 6.29. The van der Waals surface area contributed by atoms with Crippen LogP contribution in [-0.4, -0.2) is 42.8 Å². The fourth-order valence-electron chi connectivity index (χ4n) is 2.43. The number of hydrogen-bond donors (Lipinski definition) is 0. The first-order valence-corrected chi connectivity index (χ1v) is 7.83. The summed E-state index contributed by atoms with van der Waals surface area (Å²) in [6.07, 6.45) is 1.52. The number of hydrogen-bond acceptors (Lipinski definition) is 5. The van der Waals surface area contributed by atoms with Gasteiger partial charge in [0.05, 0.1) is 6.61 Å². The molecule has 0 aliphatic carbocycles. The maximum atomic E-state index is 12.8. The van der Waals surface area contributed by atoms with E-state index in [-0.39, 0.29) is 17.9 Å². The van der Waals surface area contributed by atoms with Gasteiger partial charge in [-0.3, -0.25) is 4.79 Å². The quantitative estimate of drug-likeness (QED) is 0.751. The molecule has 0 atom stereocenters. The molecule has 1 aromatic heterocycles. The molecule has 0 fully saturated rings. The van der Waals surface area contributed by atoms with Gasteiger partial charge >= 0.3 is 0 Å². The predicted molar refractivity (Wildman–Crippen MR) is 88.4 cm³/mol. The molecular weight excluding hydrogens is 332 g/mol. The Bertz CT molecular complexity index is 738. The number of fused-ring (bicyclic) bond motifs is 1. The Morgan fingerprint density at radius 3 is 2.92 bits per heavy atom. The summed E-state index contributed by atoms with van der Waals surface area (Å²) in [5.74, 6) is 1.28. The summed E-state index contributed by atoms with van der Waals surface area (Å²) in [6, 6.07) is 8.85. The Balaban J connectivity index is 1.79. The number of rotatable bonds is 6. The van der Waals surface area contributed by atoms with E-state index in [4.69, 9.17) is 25.8 Å². The fourth-order valence-corrected chi connectivity index (χ4v) is 2.61. The molecule has 3 rings (SSSR count). The van der Waals surface area contributed by atoms with Gasteiger partial charge in [0, 0.05) is 32.0 Å². The Labute approximate surface area is 144 Å². The molecule has 2 heterocycles. The number of ether oxygens (including phenoxy) is 3. The topological polar surface area (TPSA) is 60.9 Å². The predicted octanol–water partition coefficient (Wildman–Crippen LogP) is 2.75. The van der Waals surface area contributed by atoms with Crippen molar-refractivity contribution in [3.05, 3.63) is 52.8 Å². The summed E-state index contributed by atoms with van der Waals surface area (Å²) in [7, 11) is 1.60. The summed E-state index contributed by atoms with van der Waals surface area (Å²) in [4.78, 5) is 18.4. The number of amides is 1. The molecule has 0 N–H and O–H groups in total. The van der Waals surface area contributed by atoms with Crippen molar-refractivity contribution in [2.75, 3.05) is 27.1 Å². The van der Waals surface area contributed by atoms with E-state index in [0.29, 0.717) is 31.0 Å². The number of halogens is 1. The SMILES string of the molecule is COCCN(Cc1ccc2c(c1)OCO2)C(=O)c1ccnc(Cl)c1. The summed E-state index contributed by atoms with van der Waals surface area (Å²) in [5.41, 5.74) is 1.44. The number of pyridine rings is 1. The molecular formula is C17H17ClN2O4. The smallest absolute Gasteiger partial charge is 0.254 e. The van der Waals surface area contributed by atoms with Crippen LogP contribution in [0.2, 0.25) is 5.15 Å². The van der Waals surface area contributed by atoms with Crippen LogP contribution in [0.5, 0.6) is 11.5 Å². The standard InChI is InChI=1S/C17H17ClN2O4/c1-22-7-6-20(17(21)13-4-5-19-16(18)9-13)10-12-2-3-14-15(8-12)24-11-23-14/h2-5,8-9H,6-7,10-11H2,1H3. The van der Waals surface area contributed by atoms with E-state index in [1.807, 2.05) is 18.2 Å². The van der Waals surface area contributed by atoms with Crippen LogP contribution in [0.25, 0.3) is 0 Å². The molecule has 0 spiro atoms. The highest BCUT2D eigenvalue weighted by Crippen LogP contribution is 2.32. The molecule has 2 aromatic rings. The van der Waals surface area contributed by atoms with Gasteiger partial charge in [-0.25, -0.2) is 4.98 Å². The first kappa shape index (κ1) is 16.5. The van der Waals surface area contributed by atoms with Gasteiger partial charge in [-0.2, -0.15) is 0 Å². The fraction of sp³-hybridized carbons (Fsp3) is 0.294. The second-order valence-electron chi connectivity index (χ2n) is 5.27. The average molecular weight is 349 g/mol. The average Bonchev–Trinajstić information content (AvgIpc) is 3.05. The zero-order valence-electron chi connectivity index (χ0n) is 13.2. The third-order valence-corrected chi connectivity index (χ3v) is 3.84. The molecule has 0 bridgehead atoms. The van der Waals surface area contributed by atoms with Crippen molar-refractivity contribution in [3.8, 4) is 11.5 Å². The Morgan fingerprint density at radius 1 is 1.29 bits per heavy atom. The molecule has 0 radical (unpaired) electrons. The Morgan fingerprint density at radius 2 is 2.12 bits per heavy atom. The lowest BCUT2D eigenvalue weighted by molar-refractivity contribution is 0.0680. The van der Waals surface area contributed by atoms with Crippen molar-refractivity contribution in [2.24, 2.45) is 0 Å². The van der Waals surface area contributed by atoms with Crippen LogP contribution in [0.3, 0.4) is 0 Å². The number of carbonyl (C=O) groups is 1. The molecule has 1 amide bonds. The van der Waals surface area contributed by atoms with E-state index in [1.165, 1.54) is 6.20 Å². The second kappa shape index (κ2) is 7.51. The van der Waals surface area contributed by atoms with Gasteiger partial charge in [-0.1, -0.05) is 17.7 Å². The van der Waals surface area contributed by atoms with Crippen molar-refractivity contribution in [2.45, 2.75) is 6.54 Å². The van der Waals surface area contributed by atoms with E-state index < -0.39 is 0 Å². The Kier molecular flexibility index (Phi) is 5.17. The monoisotopic (exact) mass is 348 g/mol. The van der Waals surface area contributed by atoms with Gasteiger partial charge in [-0.05, 0) is 29.8 Å². The molecule has 0 saturated heterocycles. The molecule has 24 heavy (non-hydrogen) atoms. The molecule has 126 valence electrons. The van der Waals surface area contributed by atoms with Crippen LogP contribution in [0, 0.1) is 0 Å². The van der Waals surface area contributed by atoms with Gasteiger partial charge in [0.25, 0.3) is 5.91 Å². The van der Waals surface area contributed by atoms with Crippen LogP contribution in [0.4, 0.5) is 0 Å². The van der Waals surface area contributed by atoms with Gasteiger partial charge < -0.3 is 19.1 Å². The summed E-state index contributed by atoms with van der Waals surface area (Å²) in [5, 5.41) is 0.288. The molecule has 0 saturated carbocycles. The van der Waals surface area contributed by atoms with Gasteiger partial charge in [0.1, 0.15) is 5.15 Å². The first-order chi connectivity index (χ1) is 11.7. The van der Waals surface area contributed by atoms with Gasteiger partial charge in [-0.15, -0.1) is 0 Å². The lowest BCUT2D eigenvalue weighted by Crippen LogP contribution is -2.33. The molecule has 6 nitrogen and oxygen atoms in total. The second-order valence-corrected chi connectivity index (χ2v) is 5.66. The number of aromatic nitrogens is 1. The molecule has 1 aliphatic rings. The highest BCUT2D eigenvalue weighted by Gasteiger charge is 2.19. The minimum absolute atomic E-state index is 0.131. The van der Waals surface area contributed by atoms with Crippen LogP contribution in [0.1, 0.15) is 15.9 Å². The minimum atomic E-state index is -0.131. The molecule has 0 unspecified atom stereocenters. The zero-order valence-corrected chi connectivity index (χ0v) is 14.0. The van der Waals surface area contributed by atoms with Crippen molar-refractivity contribution in [1.29, 1.82) is 0 Å². The maximum absolute atomic E-state index is 12.8. The summed E-state index contributed by atoms with van der Waals surface area (Å²) >= 11 is 5.89. The van der Waals surface area contributed by atoms with E-state index in [0.717, 1.165) is 11.3 Å². The molecule has 1 aromatic carbocycles. The normalized spacial score (nSPS) is 12.2. The van der Waals surface area contributed by atoms with Crippen LogP contribution in [0.15, 0.2) is 36.5 Å². The van der Waals surface area contributed by atoms with Crippen molar-refractivity contribution < 1.29 is 19.0 Å². The minimum Gasteiger partial charge on any atom is -0.454 e. The molecule has 1 aliphatic heterocycles. The maximum Gasteiger partial charge on any atom is 0.254 e. The van der Waals surface area contributed by atoms with E-state index >= 15 is 0 Å². The van der Waals surface area contributed by atoms with Crippen molar-refractivity contribution in [3.63, 3.8) is 0 Å². The summed E-state index contributed by atoms with van der Waals surface area (Å²) in [6.45, 7) is 1.55. The van der Waals surface area contributed by atoms with E-state index in [9.17, 15) is 4.79 Å². The highest BCUT2D eigenvalue weighted by atomic mass is 35.5. The molecule has 7 heteroatoms. The van der Waals surface area contributed by atoms with Crippen molar-refractivity contribution in [1.82, 2.24) is 9.88 Å². The van der Waals surface area contributed by atoms with Crippen LogP contribution < -0.4 is 9.47 Å². The number of benzene rings is 1. The van der Waals surface area contributed by atoms with Crippen LogP contribution in [-0.2, 0) is 11.3 Å². The third kappa shape index (κ3) is 3.77. The lowest BCUT2D eigenvalue weighted by atomic mass is 10.1. The first-order valence-electron chi connectivity index (χ1n) is 7.45. The van der Waals surface area contributed by atoms with E-state index in [2.05, 4.69) is 4.98 Å². The number of nitrogens with zero attached hydrogens (tertiary/aromatic N) is 2. The van der Waals surface area contributed by atoms with Crippen molar-refractivity contribution >= 4 is 17.5 Å². The van der Waals surface area contributed by atoms with Gasteiger partial charge in [0.2, 0.25) is 6.79 Å². The van der Waals surface area contributed by atoms with Crippen LogP contribution >= 0.6 is 11.6 Å². The zero-order chi connectivity index (χ0) is 16.9. The number of methoxy groups -OCH3 is 1. The summed E-state index contributed by atoms with van der Waals surface area (Å²) < 4.78 is 15.8. The lowest BCUT2D eigenvalue weighted by Gasteiger charge is -2.23. The largest absolute Gasteiger partial charge is 0.454 e. The number of carbonyl (C=O) groups excluding carboxylic acids is 1.